The van der Waals surface area contributed by atoms with E-state index in [0.29, 0.717) is 0 Å². The van der Waals surface area contributed by atoms with Crippen LogP contribution in [0.4, 0.5) is 0 Å². The highest BCUT2D eigenvalue weighted by molar-refractivity contribution is 5.02. The third-order valence-electron chi connectivity index (χ3n) is 6.81. The van der Waals surface area contributed by atoms with E-state index in [1.807, 2.05) is 0 Å². The van der Waals surface area contributed by atoms with Gasteiger partial charge in [-0.1, -0.05) is 6.92 Å². The van der Waals surface area contributed by atoms with Crippen LogP contribution in [0.2, 0.25) is 0 Å². The number of rotatable bonds is 5. The van der Waals surface area contributed by atoms with Gasteiger partial charge >= 0.3 is 0 Å². The van der Waals surface area contributed by atoms with Crippen molar-refractivity contribution in [2.75, 3.05) is 26.2 Å². The molecule has 5 aliphatic rings. The molecule has 0 aromatic carbocycles. The fourth-order valence-electron chi connectivity index (χ4n) is 6.49. The molecule has 2 heteroatoms. The zero-order chi connectivity index (χ0) is 13.6. The van der Waals surface area contributed by atoms with Gasteiger partial charge in [-0.3, -0.25) is 0 Å². The van der Waals surface area contributed by atoms with E-state index in [2.05, 4.69) is 17.1 Å². The van der Waals surface area contributed by atoms with Gasteiger partial charge in [0, 0.05) is 19.1 Å². The first-order chi connectivity index (χ1) is 9.75. The van der Waals surface area contributed by atoms with Crippen LogP contribution in [0, 0.1) is 23.2 Å². The van der Waals surface area contributed by atoms with Crippen LogP contribution in [0.15, 0.2) is 0 Å². The Balaban J connectivity index is 1.41. The highest BCUT2D eigenvalue weighted by Gasteiger charge is 2.51. The number of likely N-dealkylation sites (N-methyl/N-ethyl adjacent to an activating group) is 1. The Labute approximate surface area is 124 Å². The standard InChI is InChI=1S/C18H32N2/c1-2-20(12-17-4-3-5-19-17)13-18-9-14-6-15(10-18)8-16(7-14)11-18/h14-17,19H,2-13H2,1H3. The maximum absolute atomic E-state index is 3.69. The van der Waals surface area contributed by atoms with E-state index in [1.165, 1.54) is 39.0 Å². The summed E-state index contributed by atoms with van der Waals surface area (Å²) in [4.78, 5) is 2.79. The van der Waals surface area contributed by atoms with Gasteiger partial charge in [0.25, 0.3) is 0 Å². The minimum atomic E-state index is 0.726. The Kier molecular flexibility index (Phi) is 3.58. The van der Waals surface area contributed by atoms with Crippen LogP contribution in [-0.4, -0.2) is 37.1 Å². The molecule has 4 saturated carbocycles. The Morgan fingerprint density at radius 1 is 1.05 bits per heavy atom. The highest BCUT2D eigenvalue weighted by Crippen LogP contribution is 2.60. The first-order valence-electron chi connectivity index (χ1n) is 9.20. The first kappa shape index (κ1) is 13.6. The minimum absolute atomic E-state index is 0.726. The lowest BCUT2D eigenvalue weighted by molar-refractivity contribution is -0.0692. The Hall–Kier alpha value is -0.0800. The number of hydrogen-bond acceptors (Lipinski definition) is 2. The van der Waals surface area contributed by atoms with Gasteiger partial charge in [-0.15, -0.1) is 0 Å². The van der Waals surface area contributed by atoms with Crippen LogP contribution in [0.1, 0.15) is 58.3 Å². The van der Waals surface area contributed by atoms with Crippen molar-refractivity contribution < 1.29 is 0 Å². The van der Waals surface area contributed by atoms with Crippen molar-refractivity contribution in [1.82, 2.24) is 10.2 Å². The van der Waals surface area contributed by atoms with Crippen LogP contribution >= 0.6 is 0 Å². The summed E-state index contributed by atoms with van der Waals surface area (Å²) in [6.07, 6.45) is 12.2. The largest absolute Gasteiger partial charge is 0.313 e. The van der Waals surface area contributed by atoms with Crippen LogP contribution in [0.3, 0.4) is 0 Å². The Morgan fingerprint density at radius 2 is 1.70 bits per heavy atom. The van der Waals surface area contributed by atoms with Crippen molar-refractivity contribution in [3.05, 3.63) is 0 Å². The molecule has 1 saturated heterocycles. The maximum Gasteiger partial charge on any atom is 0.0195 e. The molecule has 20 heavy (non-hydrogen) atoms. The molecule has 4 aliphatic carbocycles. The minimum Gasteiger partial charge on any atom is -0.313 e. The van der Waals surface area contributed by atoms with Gasteiger partial charge in [0.15, 0.2) is 0 Å². The summed E-state index contributed by atoms with van der Waals surface area (Å²) in [6, 6.07) is 0.781. The van der Waals surface area contributed by atoms with Gasteiger partial charge in [-0.25, -0.2) is 0 Å². The third kappa shape index (κ3) is 2.54. The number of nitrogens with zero attached hydrogens (tertiary/aromatic N) is 1. The van der Waals surface area contributed by atoms with E-state index >= 15 is 0 Å². The average Bonchev–Trinajstić information content (AvgIpc) is 2.89. The fraction of sp³-hybridized carbons (Fsp3) is 1.00. The predicted octanol–water partition coefficient (Wildman–Crippen LogP) is 3.28. The second-order valence-electron chi connectivity index (χ2n) is 8.54. The topological polar surface area (TPSA) is 15.3 Å². The van der Waals surface area contributed by atoms with Crippen molar-refractivity contribution in [2.45, 2.75) is 64.3 Å². The fourth-order valence-corrected chi connectivity index (χ4v) is 6.49. The van der Waals surface area contributed by atoms with E-state index in [0.717, 1.165) is 29.2 Å². The lowest BCUT2D eigenvalue weighted by Crippen LogP contribution is -2.52. The van der Waals surface area contributed by atoms with Crippen molar-refractivity contribution >= 4 is 0 Å². The first-order valence-corrected chi connectivity index (χ1v) is 9.20. The maximum atomic E-state index is 3.69. The Morgan fingerprint density at radius 3 is 2.20 bits per heavy atom. The molecule has 0 radical (unpaired) electrons. The molecule has 2 nitrogen and oxygen atoms in total. The molecule has 5 rings (SSSR count). The van der Waals surface area contributed by atoms with E-state index in [-0.39, 0.29) is 0 Å². The van der Waals surface area contributed by atoms with Gasteiger partial charge in [-0.05, 0) is 87.6 Å². The summed E-state index contributed by atoms with van der Waals surface area (Å²) in [5.41, 5.74) is 0.726. The molecular formula is C18H32N2. The molecule has 1 unspecified atom stereocenters. The molecule has 1 N–H and O–H groups in total. The summed E-state index contributed by atoms with van der Waals surface area (Å²) >= 11 is 0. The van der Waals surface area contributed by atoms with E-state index < -0.39 is 0 Å². The summed E-state index contributed by atoms with van der Waals surface area (Å²) in [5, 5.41) is 3.69. The predicted molar refractivity (Wildman–Crippen MR) is 83.7 cm³/mol. The molecule has 0 aromatic rings. The monoisotopic (exact) mass is 276 g/mol. The summed E-state index contributed by atoms with van der Waals surface area (Å²) in [7, 11) is 0. The van der Waals surface area contributed by atoms with Crippen molar-refractivity contribution in [2.24, 2.45) is 23.2 Å². The SMILES string of the molecule is CCN(CC1CCCN1)CC12CC3CC(CC(C3)C1)C2. The van der Waals surface area contributed by atoms with Gasteiger partial charge in [0.2, 0.25) is 0 Å². The zero-order valence-electron chi connectivity index (χ0n) is 13.2. The van der Waals surface area contributed by atoms with Crippen LogP contribution in [0.5, 0.6) is 0 Å². The number of nitrogens with one attached hydrogen (secondary N) is 1. The van der Waals surface area contributed by atoms with Gasteiger partial charge < -0.3 is 10.2 Å². The molecular weight excluding hydrogens is 244 g/mol. The molecule has 1 heterocycles. The lowest BCUT2D eigenvalue weighted by Gasteiger charge is -2.58. The molecule has 114 valence electrons. The van der Waals surface area contributed by atoms with Gasteiger partial charge in [0.05, 0.1) is 0 Å². The van der Waals surface area contributed by atoms with Crippen molar-refractivity contribution in [3.63, 3.8) is 0 Å². The quantitative estimate of drug-likeness (QED) is 0.829. The second-order valence-corrected chi connectivity index (χ2v) is 8.54. The molecule has 0 spiro atoms. The normalized spacial score (nSPS) is 46.5. The van der Waals surface area contributed by atoms with E-state index in [9.17, 15) is 0 Å². The van der Waals surface area contributed by atoms with Crippen LogP contribution < -0.4 is 5.32 Å². The molecule has 0 aromatic heterocycles. The molecule has 0 amide bonds. The third-order valence-corrected chi connectivity index (χ3v) is 6.81. The van der Waals surface area contributed by atoms with Crippen molar-refractivity contribution in [3.8, 4) is 0 Å². The van der Waals surface area contributed by atoms with E-state index in [4.69, 9.17) is 0 Å². The van der Waals surface area contributed by atoms with Crippen molar-refractivity contribution in [1.29, 1.82) is 0 Å². The molecule has 1 atom stereocenters. The summed E-state index contributed by atoms with van der Waals surface area (Å²) in [5.74, 6) is 3.30. The smallest absolute Gasteiger partial charge is 0.0195 e. The molecule has 5 fully saturated rings. The Bertz CT molecular complexity index is 310. The van der Waals surface area contributed by atoms with Crippen LogP contribution in [0.25, 0.3) is 0 Å². The van der Waals surface area contributed by atoms with Gasteiger partial charge in [0.1, 0.15) is 0 Å². The second kappa shape index (κ2) is 5.28. The zero-order valence-corrected chi connectivity index (χ0v) is 13.2. The number of hydrogen-bond donors (Lipinski definition) is 1. The van der Waals surface area contributed by atoms with Gasteiger partial charge in [-0.2, -0.15) is 0 Å². The molecule has 4 bridgehead atoms. The summed E-state index contributed by atoms with van der Waals surface area (Å²) < 4.78 is 0. The lowest BCUT2D eigenvalue weighted by atomic mass is 9.49. The van der Waals surface area contributed by atoms with E-state index in [1.54, 1.807) is 38.5 Å². The van der Waals surface area contributed by atoms with Crippen LogP contribution in [-0.2, 0) is 0 Å². The average molecular weight is 276 g/mol. The molecule has 1 aliphatic heterocycles. The highest BCUT2D eigenvalue weighted by atomic mass is 15.2. The summed E-state index contributed by atoms with van der Waals surface area (Å²) in [6.45, 7) is 7.58.